The number of hydrogen-bond acceptors (Lipinski definition) is 2. The molecule has 8 rings (SSSR count). The summed E-state index contributed by atoms with van der Waals surface area (Å²) in [6, 6.07) is 49.0. The molecule has 2 nitrogen and oxygen atoms in total. The summed E-state index contributed by atoms with van der Waals surface area (Å²) in [6.07, 6.45) is 3.83. The van der Waals surface area contributed by atoms with Gasteiger partial charge in [-0.25, -0.2) is 0 Å². The van der Waals surface area contributed by atoms with Gasteiger partial charge in [-0.3, -0.25) is 4.98 Å². The fourth-order valence-electron chi connectivity index (χ4n) is 6.16. The van der Waals surface area contributed by atoms with E-state index in [1.807, 2.05) is 12.4 Å². The molecule has 8 aromatic rings. The highest BCUT2D eigenvalue weighted by molar-refractivity contribution is 6.20. The van der Waals surface area contributed by atoms with Crippen LogP contribution in [0.5, 0.6) is 11.5 Å². The molecule has 0 saturated heterocycles. The summed E-state index contributed by atoms with van der Waals surface area (Å²) in [5, 5.41) is 9.02. The first kappa shape index (κ1) is 23.4. The van der Waals surface area contributed by atoms with Gasteiger partial charge in [-0.15, -0.1) is 0 Å². The summed E-state index contributed by atoms with van der Waals surface area (Å²) in [6.45, 7) is 0. The van der Waals surface area contributed by atoms with Gasteiger partial charge in [0, 0.05) is 33.9 Å². The number of ether oxygens (including phenoxy) is 1. The summed E-state index contributed by atoms with van der Waals surface area (Å²) in [5.74, 6) is 1.68. The lowest BCUT2D eigenvalue weighted by Gasteiger charge is -2.19. The van der Waals surface area contributed by atoms with E-state index in [0.29, 0.717) is 0 Å². The minimum absolute atomic E-state index is 0.835. The van der Waals surface area contributed by atoms with E-state index in [1.54, 1.807) is 0 Å². The molecule has 0 saturated carbocycles. The smallest absolute Gasteiger partial charge is 0.143 e. The average Bonchev–Trinajstić information content (AvgIpc) is 3.05. The Morgan fingerprint density at radius 1 is 0.415 bits per heavy atom. The molecule has 0 amide bonds. The van der Waals surface area contributed by atoms with Crippen molar-refractivity contribution in [2.75, 3.05) is 0 Å². The van der Waals surface area contributed by atoms with Crippen LogP contribution in [0, 0.1) is 0 Å². The fourth-order valence-corrected chi connectivity index (χ4v) is 6.16. The zero-order valence-electron chi connectivity index (χ0n) is 22.3. The van der Waals surface area contributed by atoms with E-state index in [4.69, 9.17) is 4.74 Å². The van der Waals surface area contributed by atoms with Gasteiger partial charge in [0.05, 0.1) is 0 Å². The number of benzene rings is 7. The predicted molar refractivity (Wildman–Crippen MR) is 172 cm³/mol. The summed E-state index contributed by atoms with van der Waals surface area (Å²) in [4.78, 5) is 4.57. The molecule has 2 heteroatoms. The average molecular weight is 524 g/mol. The van der Waals surface area contributed by atoms with Gasteiger partial charge in [-0.2, -0.15) is 0 Å². The zero-order valence-corrected chi connectivity index (χ0v) is 22.3. The molecule has 0 unspecified atom stereocenters. The molecule has 1 heterocycles. The molecule has 0 aliphatic carbocycles. The maximum atomic E-state index is 6.96. The highest BCUT2D eigenvalue weighted by Crippen LogP contribution is 2.47. The van der Waals surface area contributed by atoms with Crippen LogP contribution in [0.2, 0.25) is 0 Å². The quantitative estimate of drug-likeness (QED) is 0.214. The number of pyridine rings is 1. The van der Waals surface area contributed by atoms with Crippen molar-refractivity contribution in [3.63, 3.8) is 0 Å². The molecule has 192 valence electrons. The molecule has 41 heavy (non-hydrogen) atoms. The topological polar surface area (TPSA) is 22.1 Å². The highest BCUT2D eigenvalue weighted by Gasteiger charge is 2.19. The lowest BCUT2D eigenvalue weighted by Crippen LogP contribution is -1.94. The minimum atomic E-state index is 0.835. The van der Waals surface area contributed by atoms with Gasteiger partial charge in [-0.05, 0) is 55.9 Å². The SMILES string of the molecule is c1ccc(-c2ccc(Oc3c4ccccc4c(-c4cccc5ccccc45)c4cnccc34)c3ccccc23)cc1. The van der Waals surface area contributed by atoms with Crippen LogP contribution in [0.25, 0.3) is 65.3 Å². The Hall–Kier alpha value is -5.47. The molecule has 0 atom stereocenters. The number of aromatic nitrogens is 1. The van der Waals surface area contributed by atoms with Crippen molar-refractivity contribution in [1.82, 2.24) is 4.98 Å². The molecule has 7 aromatic carbocycles. The van der Waals surface area contributed by atoms with E-state index in [1.165, 1.54) is 38.4 Å². The molecule has 0 aliphatic rings. The van der Waals surface area contributed by atoms with Crippen LogP contribution < -0.4 is 4.74 Å². The molecule has 0 fully saturated rings. The van der Waals surface area contributed by atoms with Crippen molar-refractivity contribution in [2.24, 2.45) is 0 Å². The Kier molecular flexibility index (Phi) is 5.49. The first-order valence-corrected chi connectivity index (χ1v) is 13.9. The number of hydrogen-bond donors (Lipinski definition) is 0. The fraction of sp³-hybridized carbons (Fsp3) is 0. The van der Waals surface area contributed by atoms with Crippen LogP contribution >= 0.6 is 0 Å². The van der Waals surface area contributed by atoms with Crippen LogP contribution in [0.4, 0.5) is 0 Å². The van der Waals surface area contributed by atoms with Crippen molar-refractivity contribution in [3.8, 4) is 33.8 Å². The Morgan fingerprint density at radius 2 is 1.07 bits per heavy atom. The summed E-state index contributed by atoms with van der Waals surface area (Å²) in [7, 11) is 0. The third kappa shape index (κ3) is 3.84. The Balaban J connectivity index is 1.39. The largest absolute Gasteiger partial charge is 0.455 e. The van der Waals surface area contributed by atoms with Crippen molar-refractivity contribution in [2.45, 2.75) is 0 Å². The third-order valence-corrected chi connectivity index (χ3v) is 8.02. The van der Waals surface area contributed by atoms with Gasteiger partial charge in [-0.1, -0.05) is 127 Å². The van der Waals surface area contributed by atoms with Gasteiger partial charge >= 0.3 is 0 Å². The van der Waals surface area contributed by atoms with E-state index >= 15 is 0 Å². The van der Waals surface area contributed by atoms with Gasteiger partial charge in [0.1, 0.15) is 11.5 Å². The van der Waals surface area contributed by atoms with Crippen LogP contribution in [0.3, 0.4) is 0 Å². The molecule has 0 spiro atoms. The maximum Gasteiger partial charge on any atom is 0.143 e. The molecular formula is C39H25NO. The Labute approximate surface area is 238 Å². The number of fused-ring (bicyclic) bond motifs is 4. The van der Waals surface area contributed by atoms with Crippen LogP contribution in [0.15, 0.2) is 152 Å². The Morgan fingerprint density at radius 3 is 1.93 bits per heavy atom. The van der Waals surface area contributed by atoms with E-state index in [-0.39, 0.29) is 0 Å². The number of rotatable bonds is 4. The molecule has 0 aliphatic heterocycles. The molecular weight excluding hydrogens is 498 g/mol. The summed E-state index contributed by atoms with van der Waals surface area (Å²) < 4.78 is 6.96. The van der Waals surface area contributed by atoms with E-state index in [0.717, 1.165) is 38.4 Å². The van der Waals surface area contributed by atoms with Crippen molar-refractivity contribution in [3.05, 3.63) is 152 Å². The van der Waals surface area contributed by atoms with Gasteiger partial charge in [0.2, 0.25) is 0 Å². The third-order valence-electron chi connectivity index (χ3n) is 8.02. The van der Waals surface area contributed by atoms with E-state index in [9.17, 15) is 0 Å². The lowest BCUT2D eigenvalue weighted by atomic mass is 9.89. The lowest BCUT2D eigenvalue weighted by molar-refractivity contribution is 0.499. The maximum absolute atomic E-state index is 6.96. The second kappa shape index (κ2) is 9.62. The van der Waals surface area contributed by atoms with E-state index < -0.39 is 0 Å². The van der Waals surface area contributed by atoms with Gasteiger partial charge in [0.15, 0.2) is 0 Å². The second-order valence-electron chi connectivity index (χ2n) is 10.3. The summed E-state index contributed by atoms with van der Waals surface area (Å²) in [5.41, 5.74) is 4.76. The highest BCUT2D eigenvalue weighted by atomic mass is 16.5. The molecule has 0 N–H and O–H groups in total. The van der Waals surface area contributed by atoms with Gasteiger partial charge in [0.25, 0.3) is 0 Å². The van der Waals surface area contributed by atoms with Crippen LogP contribution in [-0.2, 0) is 0 Å². The number of nitrogens with zero attached hydrogens (tertiary/aromatic N) is 1. The van der Waals surface area contributed by atoms with Crippen molar-refractivity contribution >= 4 is 43.1 Å². The molecule has 0 bridgehead atoms. The zero-order chi connectivity index (χ0) is 27.2. The predicted octanol–water partition coefficient (Wildman–Crippen LogP) is 10.8. The van der Waals surface area contributed by atoms with Crippen molar-refractivity contribution in [1.29, 1.82) is 0 Å². The van der Waals surface area contributed by atoms with Crippen molar-refractivity contribution < 1.29 is 4.74 Å². The molecule has 1 aromatic heterocycles. The Bertz CT molecular complexity index is 2170. The minimum Gasteiger partial charge on any atom is -0.455 e. The summed E-state index contributed by atoms with van der Waals surface area (Å²) >= 11 is 0. The van der Waals surface area contributed by atoms with Crippen LogP contribution in [-0.4, -0.2) is 4.98 Å². The normalized spacial score (nSPS) is 11.4. The second-order valence-corrected chi connectivity index (χ2v) is 10.3. The van der Waals surface area contributed by atoms with E-state index in [2.05, 4.69) is 145 Å². The molecule has 0 radical (unpaired) electrons. The monoisotopic (exact) mass is 523 g/mol. The first-order chi connectivity index (χ1) is 20.4. The van der Waals surface area contributed by atoms with Gasteiger partial charge < -0.3 is 4.74 Å². The first-order valence-electron chi connectivity index (χ1n) is 13.9. The van der Waals surface area contributed by atoms with Crippen LogP contribution in [0.1, 0.15) is 0 Å². The standard InChI is InChI=1S/C39H25NO/c1-2-11-26(12-3-1)29-21-22-37(31-17-7-6-16-30(29)31)41-39-34-19-9-8-18-33(34)38(36-25-40-24-23-35(36)39)32-20-10-14-27-13-4-5-15-28(27)32/h1-25H.